The molecule has 1 amide bonds. The molecule has 3 aromatic rings. The van der Waals surface area contributed by atoms with Crippen molar-refractivity contribution in [1.82, 2.24) is 13.9 Å². The molecule has 0 radical (unpaired) electrons. The van der Waals surface area contributed by atoms with Crippen LogP contribution < -0.4 is 5.32 Å². The van der Waals surface area contributed by atoms with Crippen molar-refractivity contribution in [2.24, 2.45) is 0 Å². The number of carbonyl (C=O) groups excluding carboxylic acids is 2. The summed E-state index contributed by atoms with van der Waals surface area (Å²) in [7, 11) is -3.57. The number of anilines is 1. The topological polar surface area (TPSA) is 101 Å². The molecule has 0 bridgehead atoms. The Kier molecular flexibility index (Phi) is 7.65. The van der Waals surface area contributed by atoms with Crippen LogP contribution >= 0.6 is 0 Å². The first-order chi connectivity index (χ1) is 15.7. The van der Waals surface area contributed by atoms with Crippen molar-refractivity contribution in [1.29, 1.82) is 0 Å². The molecule has 0 fully saturated rings. The number of imidazole rings is 1. The molecule has 33 heavy (non-hydrogen) atoms. The third-order valence-electron chi connectivity index (χ3n) is 5.61. The van der Waals surface area contributed by atoms with Gasteiger partial charge >= 0.3 is 0 Å². The van der Waals surface area contributed by atoms with Gasteiger partial charge in [-0.25, -0.2) is 13.4 Å². The first kappa shape index (κ1) is 24.6. The van der Waals surface area contributed by atoms with E-state index in [0.717, 1.165) is 11.3 Å². The number of hydrogen-bond acceptors (Lipinski definition) is 5. The summed E-state index contributed by atoms with van der Waals surface area (Å²) >= 11 is 0. The SMILES string of the molecule is CCN(CC)S(=O)(=O)c1ccc2c(c1)nc(CCC(=O)Nc1ccc(C(C)=O)cc1)n2CC. The standard InChI is InChI=1S/C24H30N4O4S/c1-5-27(6-2)33(31,32)20-12-13-22-21(16-20)26-23(28(22)7-3)14-15-24(30)25-19-10-8-18(9-11-19)17(4)29/h8-13,16H,5-7,14-15H2,1-4H3,(H,25,30). The summed E-state index contributed by atoms with van der Waals surface area (Å²) in [6.45, 7) is 8.56. The Hall–Kier alpha value is -3.04. The molecule has 0 saturated heterocycles. The van der Waals surface area contributed by atoms with Crippen LogP contribution in [0.3, 0.4) is 0 Å². The van der Waals surface area contributed by atoms with E-state index in [4.69, 9.17) is 0 Å². The van der Waals surface area contributed by atoms with Crippen LogP contribution in [0, 0.1) is 0 Å². The lowest BCUT2D eigenvalue weighted by atomic mass is 10.1. The second kappa shape index (κ2) is 10.3. The first-order valence-corrected chi connectivity index (χ1v) is 12.5. The number of carbonyl (C=O) groups is 2. The van der Waals surface area contributed by atoms with Crippen LogP contribution in [0.5, 0.6) is 0 Å². The molecule has 0 aliphatic carbocycles. The van der Waals surface area contributed by atoms with Crippen LogP contribution in [0.1, 0.15) is 50.3 Å². The molecule has 176 valence electrons. The molecular formula is C24H30N4O4S. The number of rotatable bonds is 10. The van der Waals surface area contributed by atoms with E-state index >= 15 is 0 Å². The second-order valence-electron chi connectivity index (χ2n) is 7.69. The fourth-order valence-corrected chi connectivity index (χ4v) is 5.29. The van der Waals surface area contributed by atoms with Gasteiger partial charge < -0.3 is 9.88 Å². The van der Waals surface area contributed by atoms with E-state index in [1.165, 1.54) is 11.2 Å². The highest BCUT2D eigenvalue weighted by molar-refractivity contribution is 7.89. The summed E-state index contributed by atoms with van der Waals surface area (Å²) in [5.74, 6) is 0.538. The van der Waals surface area contributed by atoms with Crippen molar-refractivity contribution in [3.8, 4) is 0 Å². The molecule has 0 atom stereocenters. The summed E-state index contributed by atoms with van der Waals surface area (Å²) < 4.78 is 29.1. The molecule has 1 N–H and O–H groups in total. The number of benzene rings is 2. The molecule has 0 unspecified atom stereocenters. The molecule has 8 nitrogen and oxygen atoms in total. The van der Waals surface area contributed by atoms with Crippen LogP contribution in [-0.4, -0.2) is 47.1 Å². The maximum Gasteiger partial charge on any atom is 0.243 e. The monoisotopic (exact) mass is 470 g/mol. The summed E-state index contributed by atoms with van der Waals surface area (Å²) in [5.41, 5.74) is 2.65. The third kappa shape index (κ3) is 5.31. The lowest BCUT2D eigenvalue weighted by Gasteiger charge is -2.18. The largest absolute Gasteiger partial charge is 0.328 e. The molecule has 2 aromatic carbocycles. The zero-order valence-corrected chi connectivity index (χ0v) is 20.3. The molecule has 1 aromatic heterocycles. The van der Waals surface area contributed by atoms with E-state index in [1.807, 2.05) is 25.3 Å². The number of Topliss-reactive ketones (excluding diaryl/α,β-unsaturated/α-hetero) is 1. The number of amides is 1. The third-order valence-corrected chi connectivity index (χ3v) is 7.65. The molecule has 0 spiro atoms. The Labute approximate surface area is 194 Å². The van der Waals surface area contributed by atoms with Crippen molar-refractivity contribution in [3.05, 3.63) is 53.9 Å². The Balaban J connectivity index is 1.77. The number of nitrogens with one attached hydrogen (secondary N) is 1. The number of aryl methyl sites for hydroxylation is 2. The van der Waals surface area contributed by atoms with E-state index in [0.29, 0.717) is 42.8 Å². The minimum Gasteiger partial charge on any atom is -0.328 e. The highest BCUT2D eigenvalue weighted by Crippen LogP contribution is 2.23. The van der Waals surface area contributed by atoms with E-state index in [1.54, 1.807) is 42.5 Å². The van der Waals surface area contributed by atoms with Gasteiger partial charge in [0.15, 0.2) is 5.78 Å². The average molecular weight is 471 g/mol. The lowest BCUT2D eigenvalue weighted by Crippen LogP contribution is -2.30. The number of sulfonamides is 1. The van der Waals surface area contributed by atoms with Gasteiger partial charge in [0.25, 0.3) is 0 Å². The van der Waals surface area contributed by atoms with Crippen molar-refractivity contribution in [3.63, 3.8) is 0 Å². The quantitative estimate of drug-likeness (QED) is 0.454. The van der Waals surface area contributed by atoms with Gasteiger partial charge in [-0.05, 0) is 56.3 Å². The van der Waals surface area contributed by atoms with Crippen LogP contribution in [0.4, 0.5) is 5.69 Å². The molecule has 0 saturated carbocycles. The highest BCUT2D eigenvalue weighted by atomic mass is 32.2. The summed E-state index contributed by atoms with van der Waals surface area (Å²) in [4.78, 5) is 28.7. The molecule has 1 heterocycles. The number of fused-ring (bicyclic) bond motifs is 1. The highest BCUT2D eigenvalue weighted by Gasteiger charge is 2.23. The van der Waals surface area contributed by atoms with Crippen LogP contribution in [0.15, 0.2) is 47.4 Å². The number of aromatic nitrogens is 2. The maximum atomic E-state index is 12.9. The number of nitrogens with zero attached hydrogens (tertiary/aromatic N) is 3. The van der Waals surface area contributed by atoms with Gasteiger partial charge in [0.05, 0.1) is 15.9 Å². The second-order valence-corrected chi connectivity index (χ2v) is 9.63. The normalized spacial score (nSPS) is 11.8. The van der Waals surface area contributed by atoms with Crippen LogP contribution in [-0.2, 0) is 27.8 Å². The fraction of sp³-hybridized carbons (Fsp3) is 0.375. The minimum absolute atomic E-state index is 0.0283. The van der Waals surface area contributed by atoms with Crippen LogP contribution in [0.25, 0.3) is 11.0 Å². The molecule has 3 rings (SSSR count). The fourth-order valence-electron chi connectivity index (χ4n) is 3.81. The summed E-state index contributed by atoms with van der Waals surface area (Å²) in [6, 6.07) is 11.8. The van der Waals surface area contributed by atoms with Gasteiger partial charge in [-0.15, -0.1) is 0 Å². The minimum atomic E-state index is -3.57. The molecular weight excluding hydrogens is 440 g/mol. The van der Waals surface area contributed by atoms with Crippen molar-refractivity contribution < 1.29 is 18.0 Å². The maximum absolute atomic E-state index is 12.9. The van der Waals surface area contributed by atoms with Crippen molar-refractivity contribution >= 4 is 38.4 Å². The van der Waals surface area contributed by atoms with Gasteiger partial charge in [-0.3, -0.25) is 9.59 Å². The molecule has 9 heteroatoms. The zero-order valence-electron chi connectivity index (χ0n) is 19.5. The van der Waals surface area contributed by atoms with Gasteiger partial charge in [0.1, 0.15) is 5.82 Å². The lowest BCUT2D eigenvalue weighted by molar-refractivity contribution is -0.116. The van der Waals surface area contributed by atoms with Crippen molar-refractivity contribution in [2.75, 3.05) is 18.4 Å². The van der Waals surface area contributed by atoms with Crippen molar-refractivity contribution in [2.45, 2.75) is 52.0 Å². The average Bonchev–Trinajstić information content (AvgIpc) is 3.15. The summed E-state index contributed by atoms with van der Waals surface area (Å²) in [6.07, 6.45) is 0.639. The predicted molar refractivity (Wildman–Crippen MR) is 129 cm³/mol. The smallest absolute Gasteiger partial charge is 0.243 e. The molecule has 0 aliphatic heterocycles. The number of ketones is 1. The van der Waals surface area contributed by atoms with Gasteiger partial charge in [-0.1, -0.05) is 13.8 Å². The van der Waals surface area contributed by atoms with Gasteiger partial charge in [-0.2, -0.15) is 4.31 Å². The van der Waals surface area contributed by atoms with Gasteiger partial charge in [0, 0.05) is 43.7 Å². The Morgan fingerprint density at radius 1 is 1.03 bits per heavy atom. The zero-order chi connectivity index (χ0) is 24.2. The number of hydrogen-bond donors (Lipinski definition) is 1. The summed E-state index contributed by atoms with van der Waals surface area (Å²) in [5, 5.41) is 2.83. The van der Waals surface area contributed by atoms with Gasteiger partial charge in [0.2, 0.25) is 15.9 Å². The first-order valence-electron chi connectivity index (χ1n) is 11.1. The predicted octanol–water partition coefficient (Wildman–Crippen LogP) is 3.86. The molecule has 0 aliphatic rings. The Morgan fingerprint density at radius 2 is 1.70 bits per heavy atom. The van der Waals surface area contributed by atoms with E-state index < -0.39 is 10.0 Å². The van der Waals surface area contributed by atoms with Crippen LogP contribution in [0.2, 0.25) is 0 Å². The van der Waals surface area contributed by atoms with E-state index in [-0.39, 0.29) is 23.0 Å². The Bertz CT molecular complexity index is 1260. The van der Waals surface area contributed by atoms with E-state index in [2.05, 4.69) is 10.3 Å². The van der Waals surface area contributed by atoms with E-state index in [9.17, 15) is 18.0 Å². The Morgan fingerprint density at radius 3 is 2.27 bits per heavy atom.